The number of aromatic nitrogens is 2. The number of rotatable bonds is 4. The van der Waals surface area contributed by atoms with Crippen LogP contribution in [0.3, 0.4) is 0 Å². The summed E-state index contributed by atoms with van der Waals surface area (Å²) in [6.07, 6.45) is 4.18. The smallest absolute Gasteiger partial charge is 0.158 e. The van der Waals surface area contributed by atoms with Gasteiger partial charge in [-0.3, -0.25) is 5.10 Å². The molecule has 0 aliphatic carbocycles. The number of aryl methyl sites for hydroxylation is 1. The SMILES string of the molecule is CCc1cc(C(C)(C)OC2CCCCO2)n[nH]1. The monoisotopic (exact) mass is 238 g/mol. The zero-order valence-electron chi connectivity index (χ0n) is 11.0. The maximum Gasteiger partial charge on any atom is 0.158 e. The minimum Gasteiger partial charge on any atom is -0.353 e. The zero-order chi connectivity index (χ0) is 12.3. The van der Waals surface area contributed by atoms with Crippen molar-refractivity contribution in [2.24, 2.45) is 0 Å². The predicted molar refractivity (Wildman–Crippen MR) is 65.7 cm³/mol. The van der Waals surface area contributed by atoms with Gasteiger partial charge in [-0.25, -0.2) is 0 Å². The topological polar surface area (TPSA) is 47.1 Å². The average Bonchev–Trinajstić information content (AvgIpc) is 2.79. The third-order valence-electron chi connectivity index (χ3n) is 3.19. The fraction of sp³-hybridized carbons (Fsp3) is 0.769. The van der Waals surface area contributed by atoms with Crippen molar-refractivity contribution < 1.29 is 9.47 Å². The molecule has 4 nitrogen and oxygen atoms in total. The first-order chi connectivity index (χ1) is 8.12. The summed E-state index contributed by atoms with van der Waals surface area (Å²) in [5.41, 5.74) is 1.69. The Morgan fingerprint density at radius 3 is 2.94 bits per heavy atom. The first-order valence-corrected chi connectivity index (χ1v) is 6.46. The summed E-state index contributed by atoms with van der Waals surface area (Å²) in [7, 11) is 0. The van der Waals surface area contributed by atoms with Crippen molar-refractivity contribution >= 4 is 0 Å². The number of nitrogens with one attached hydrogen (secondary N) is 1. The zero-order valence-corrected chi connectivity index (χ0v) is 11.0. The van der Waals surface area contributed by atoms with Gasteiger partial charge in [0.15, 0.2) is 6.29 Å². The quantitative estimate of drug-likeness (QED) is 0.877. The standard InChI is InChI=1S/C13H22N2O2/c1-4-10-9-11(15-14-10)13(2,3)17-12-7-5-6-8-16-12/h9,12H,4-8H2,1-3H3,(H,14,15). The highest BCUT2D eigenvalue weighted by atomic mass is 16.7. The van der Waals surface area contributed by atoms with Gasteiger partial charge in [0.1, 0.15) is 5.60 Å². The van der Waals surface area contributed by atoms with E-state index in [2.05, 4.69) is 23.2 Å². The molecule has 1 atom stereocenters. The molecule has 0 aromatic carbocycles. The Morgan fingerprint density at radius 2 is 2.35 bits per heavy atom. The van der Waals surface area contributed by atoms with Gasteiger partial charge in [0.05, 0.1) is 5.69 Å². The second kappa shape index (κ2) is 5.19. The lowest BCUT2D eigenvalue weighted by Crippen LogP contribution is -2.32. The fourth-order valence-electron chi connectivity index (χ4n) is 2.04. The molecule has 96 valence electrons. The minimum atomic E-state index is -0.397. The van der Waals surface area contributed by atoms with Gasteiger partial charge in [-0.1, -0.05) is 6.92 Å². The second-order valence-electron chi connectivity index (χ2n) is 5.06. The molecule has 0 bridgehead atoms. The maximum atomic E-state index is 6.02. The lowest BCUT2D eigenvalue weighted by Gasteiger charge is -2.31. The Bertz CT molecular complexity index is 354. The van der Waals surface area contributed by atoms with Crippen LogP contribution in [0.25, 0.3) is 0 Å². The normalized spacial score (nSPS) is 21.7. The number of nitrogens with zero attached hydrogens (tertiary/aromatic N) is 1. The number of hydrogen-bond donors (Lipinski definition) is 1. The third kappa shape index (κ3) is 3.07. The predicted octanol–water partition coefficient (Wildman–Crippen LogP) is 2.75. The molecule has 1 fully saturated rings. The summed E-state index contributed by atoms with van der Waals surface area (Å²) in [5.74, 6) is 0. The molecule has 2 rings (SSSR count). The van der Waals surface area contributed by atoms with Crippen molar-refractivity contribution in [3.8, 4) is 0 Å². The van der Waals surface area contributed by atoms with Crippen LogP contribution < -0.4 is 0 Å². The van der Waals surface area contributed by atoms with Gasteiger partial charge in [-0.2, -0.15) is 5.10 Å². The van der Waals surface area contributed by atoms with E-state index < -0.39 is 5.60 Å². The van der Waals surface area contributed by atoms with E-state index in [0.717, 1.165) is 37.3 Å². The summed E-state index contributed by atoms with van der Waals surface area (Å²) >= 11 is 0. The number of hydrogen-bond acceptors (Lipinski definition) is 3. The largest absolute Gasteiger partial charge is 0.353 e. The maximum absolute atomic E-state index is 6.02. The molecule has 1 saturated heterocycles. The van der Waals surface area contributed by atoms with Gasteiger partial charge in [-0.15, -0.1) is 0 Å². The molecule has 0 spiro atoms. The Morgan fingerprint density at radius 1 is 1.53 bits per heavy atom. The molecule has 4 heteroatoms. The first-order valence-electron chi connectivity index (χ1n) is 6.46. The van der Waals surface area contributed by atoms with Crippen molar-refractivity contribution in [1.82, 2.24) is 10.2 Å². The van der Waals surface area contributed by atoms with Gasteiger partial charge < -0.3 is 9.47 Å². The molecule has 1 aromatic heterocycles. The van der Waals surface area contributed by atoms with Crippen molar-refractivity contribution in [1.29, 1.82) is 0 Å². The van der Waals surface area contributed by atoms with E-state index in [1.54, 1.807) is 0 Å². The van der Waals surface area contributed by atoms with Crippen LogP contribution in [0.5, 0.6) is 0 Å². The summed E-state index contributed by atoms with van der Waals surface area (Å²) in [6, 6.07) is 2.07. The summed E-state index contributed by atoms with van der Waals surface area (Å²) < 4.78 is 11.6. The molecule has 0 radical (unpaired) electrons. The molecule has 1 N–H and O–H groups in total. The molecule has 0 saturated carbocycles. The number of H-pyrrole nitrogens is 1. The summed E-state index contributed by atoms with van der Waals surface area (Å²) in [5, 5.41) is 7.35. The molecule has 0 amide bonds. The van der Waals surface area contributed by atoms with Crippen LogP contribution in [0.2, 0.25) is 0 Å². The molecule has 1 aromatic rings. The van der Waals surface area contributed by atoms with Gasteiger partial charge >= 0.3 is 0 Å². The van der Waals surface area contributed by atoms with Gasteiger partial charge in [0.2, 0.25) is 0 Å². The van der Waals surface area contributed by atoms with Crippen LogP contribution in [0.4, 0.5) is 0 Å². The molecule has 2 heterocycles. The van der Waals surface area contributed by atoms with Crippen LogP contribution in [-0.2, 0) is 21.5 Å². The lowest BCUT2D eigenvalue weighted by atomic mass is 10.0. The fourth-order valence-corrected chi connectivity index (χ4v) is 2.04. The second-order valence-corrected chi connectivity index (χ2v) is 5.06. The van der Waals surface area contributed by atoms with E-state index in [4.69, 9.17) is 9.47 Å². The van der Waals surface area contributed by atoms with Crippen molar-refractivity contribution in [3.05, 3.63) is 17.5 Å². The van der Waals surface area contributed by atoms with Crippen LogP contribution in [0.1, 0.15) is 51.4 Å². The van der Waals surface area contributed by atoms with Crippen LogP contribution >= 0.6 is 0 Å². The van der Waals surface area contributed by atoms with E-state index in [1.807, 2.05) is 13.8 Å². The van der Waals surface area contributed by atoms with E-state index in [9.17, 15) is 0 Å². The molecule has 17 heavy (non-hydrogen) atoms. The van der Waals surface area contributed by atoms with Crippen LogP contribution in [0, 0.1) is 0 Å². The third-order valence-corrected chi connectivity index (χ3v) is 3.19. The van der Waals surface area contributed by atoms with Gasteiger partial charge in [-0.05, 0) is 45.6 Å². The van der Waals surface area contributed by atoms with Gasteiger partial charge in [0, 0.05) is 12.3 Å². The molecule has 1 unspecified atom stereocenters. The van der Waals surface area contributed by atoms with E-state index in [-0.39, 0.29) is 6.29 Å². The molecule has 1 aliphatic rings. The molecular weight excluding hydrogens is 216 g/mol. The Labute approximate surface area is 103 Å². The van der Waals surface area contributed by atoms with E-state index >= 15 is 0 Å². The average molecular weight is 238 g/mol. The Balaban J connectivity index is 2.01. The molecule has 1 aliphatic heterocycles. The lowest BCUT2D eigenvalue weighted by molar-refractivity contribution is -0.220. The Hall–Kier alpha value is -0.870. The van der Waals surface area contributed by atoms with Gasteiger partial charge in [0.25, 0.3) is 0 Å². The number of aromatic amines is 1. The minimum absolute atomic E-state index is 0.0828. The van der Waals surface area contributed by atoms with Crippen molar-refractivity contribution in [3.63, 3.8) is 0 Å². The molecular formula is C13H22N2O2. The first kappa shape index (κ1) is 12.6. The summed E-state index contributed by atoms with van der Waals surface area (Å²) in [6.45, 7) is 7.00. The highest BCUT2D eigenvalue weighted by Crippen LogP contribution is 2.28. The Kier molecular flexibility index (Phi) is 3.84. The van der Waals surface area contributed by atoms with E-state index in [1.165, 1.54) is 6.42 Å². The highest BCUT2D eigenvalue weighted by Gasteiger charge is 2.29. The summed E-state index contributed by atoms with van der Waals surface area (Å²) in [4.78, 5) is 0. The van der Waals surface area contributed by atoms with Crippen molar-refractivity contribution in [2.45, 2.75) is 58.3 Å². The highest BCUT2D eigenvalue weighted by molar-refractivity contribution is 5.14. The van der Waals surface area contributed by atoms with Crippen molar-refractivity contribution in [2.75, 3.05) is 6.61 Å². The van der Waals surface area contributed by atoms with E-state index in [0.29, 0.717) is 0 Å². The number of ether oxygens (including phenoxy) is 2. The van der Waals surface area contributed by atoms with Crippen LogP contribution in [-0.4, -0.2) is 23.1 Å². The van der Waals surface area contributed by atoms with Crippen LogP contribution in [0.15, 0.2) is 6.07 Å².